The van der Waals surface area contributed by atoms with Gasteiger partial charge in [-0.15, -0.1) is 0 Å². The zero-order valence-electron chi connectivity index (χ0n) is 24.5. The Morgan fingerprint density at radius 1 is 0.447 bits per heavy atom. The lowest BCUT2D eigenvalue weighted by molar-refractivity contribution is -0.132. The summed E-state index contributed by atoms with van der Waals surface area (Å²) in [6, 6.07) is 0. The van der Waals surface area contributed by atoms with Gasteiger partial charge in [-0.05, 0) is 133 Å². The average Bonchev–Trinajstić information content (AvgIpc) is 2.98. The monoisotopic (exact) mass is 528 g/mol. The van der Waals surface area contributed by atoms with Gasteiger partial charge in [0.1, 0.15) is 11.6 Å². The molecule has 0 bridgehead atoms. The first kappa shape index (κ1) is 28.8. The highest BCUT2D eigenvalue weighted by Gasteiger charge is 2.38. The summed E-state index contributed by atoms with van der Waals surface area (Å²) in [6.07, 6.45) is 24.1. The second-order valence-electron chi connectivity index (χ2n) is 14.2. The van der Waals surface area contributed by atoms with Crippen molar-refractivity contribution in [3.63, 3.8) is 0 Å². The maximum atomic E-state index is 13.4. The average molecular weight is 529 g/mol. The topological polar surface area (TPSA) is 52.6 Å². The van der Waals surface area contributed by atoms with Crippen LogP contribution in [0.4, 0.5) is 0 Å². The smallest absolute Gasteiger partial charge is 0.139 e. The van der Waals surface area contributed by atoms with Crippen molar-refractivity contribution in [1.29, 1.82) is 0 Å². The minimum atomic E-state index is 0.282. The number of rotatable bonds is 8. The molecule has 0 aliphatic heterocycles. The van der Waals surface area contributed by atoms with Crippen molar-refractivity contribution in [2.75, 3.05) is 7.11 Å². The first-order chi connectivity index (χ1) is 18.5. The molecule has 5 fully saturated rings. The summed E-state index contributed by atoms with van der Waals surface area (Å²) in [6.45, 7) is 2.34. The highest BCUT2D eigenvalue weighted by molar-refractivity contribution is 5.84. The summed E-state index contributed by atoms with van der Waals surface area (Å²) in [4.78, 5) is 26.5. The summed E-state index contributed by atoms with van der Waals surface area (Å²) in [7, 11) is 1.82. The van der Waals surface area contributed by atoms with Crippen LogP contribution in [-0.2, 0) is 19.1 Å². The lowest BCUT2D eigenvalue weighted by atomic mass is 9.66. The van der Waals surface area contributed by atoms with E-state index >= 15 is 0 Å². The second kappa shape index (κ2) is 13.7. The molecule has 5 aliphatic rings. The Bertz CT molecular complexity index is 738. The van der Waals surface area contributed by atoms with Gasteiger partial charge in [-0.25, -0.2) is 0 Å². The van der Waals surface area contributed by atoms with Gasteiger partial charge in [0, 0.05) is 30.8 Å². The van der Waals surface area contributed by atoms with Gasteiger partial charge in [-0.3, -0.25) is 9.59 Å². The molecular weight excluding hydrogens is 472 g/mol. The summed E-state index contributed by atoms with van der Waals surface area (Å²) in [5, 5.41) is 0. The molecule has 0 unspecified atom stereocenters. The van der Waals surface area contributed by atoms with E-state index in [0.29, 0.717) is 47.6 Å². The summed E-state index contributed by atoms with van der Waals surface area (Å²) in [5.74, 6) is 4.92. The molecule has 5 saturated carbocycles. The first-order valence-corrected chi connectivity index (χ1v) is 16.8. The van der Waals surface area contributed by atoms with E-state index in [0.717, 1.165) is 108 Å². The van der Waals surface area contributed by atoms with Crippen LogP contribution < -0.4 is 0 Å². The largest absolute Gasteiger partial charge is 0.381 e. The third-order valence-electron chi connectivity index (χ3n) is 11.8. The van der Waals surface area contributed by atoms with Crippen molar-refractivity contribution < 1.29 is 19.1 Å². The van der Waals surface area contributed by atoms with Crippen LogP contribution >= 0.6 is 0 Å². The molecule has 5 aliphatic carbocycles. The van der Waals surface area contributed by atoms with Gasteiger partial charge in [0.15, 0.2) is 0 Å². The van der Waals surface area contributed by atoms with Crippen molar-refractivity contribution in [2.24, 2.45) is 41.4 Å². The lowest BCUT2D eigenvalue weighted by Gasteiger charge is -2.39. The molecule has 38 heavy (non-hydrogen) atoms. The van der Waals surface area contributed by atoms with Crippen LogP contribution in [0.3, 0.4) is 0 Å². The fourth-order valence-corrected chi connectivity index (χ4v) is 9.12. The fourth-order valence-electron chi connectivity index (χ4n) is 9.12. The Morgan fingerprint density at radius 2 is 0.763 bits per heavy atom. The van der Waals surface area contributed by atoms with Crippen LogP contribution in [0.5, 0.6) is 0 Å². The number of Topliss-reactive ketones (excluding diaryl/α,β-unsaturated/α-hetero) is 2. The minimum absolute atomic E-state index is 0.282. The summed E-state index contributed by atoms with van der Waals surface area (Å²) in [5.41, 5.74) is 0. The molecule has 0 aromatic heterocycles. The van der Waals surface area contributed by atoms with E-state index in [1.165, 1.54) is 38.5 Å². The van der Waals surface area contributed by atoms with Gasteiger partial charge in [-0.1, -0.05) is 19.8 Å². The molecule has 5 rings (SSSR count). The number of ether oxygens (including phenoxy) is 2. The van der Waals surface area contributed by atoms with E-state index in [9.17, 15) is 9.59 Å². The molecule has 0 aromatic rings. The molecule has 0 heterocycles. The first-order valence-electron chi connectivity index (χ1n) is 16.8. The number of hydrogen-bond donors (Lipinski definition) is 0. The Hall–Kier alpha value is -0.740. The van der Waals surface area contributed by atoms with E-state index in [1.807, 2.05) is 7.11 Å². The highest BCUT2D eigenvalue weighted by Crippen LogP contribution is 2.44. The van der Waals surface area contributed by atoms with Gasteiger partial charge in [-0.2, -0.15) is 0 Å². The Labute approximate surface area is 232 Å². The zero-order valence-corrected chi connectivity index (χ0v) is 24.5. The Kier molecular flexibility index (Phi) is 10.4. The maximum Gasteiger partial charge on any atom is 0.139 e. The number of methoxy groups -OCH3 is 1. The van der Waals surface area contributed by atoms with Crippen molar-refractivity contribution in [3.8, 4) is 0 Å². The van der Waals surface area contributed by atoms with Crippen LogP contribution in [0.2, 0.25) is 0 Å². The number of carbonyl (C=O) groups excluding carboxylic acids is 2. The summed E-state index contributed by atoms with van der Waals surface area (Å²) < 4.78 is 12.0. The second-order valence-corrected chi connectivity index (χ2v) is 14.2. The van der Waals surface area contributed by atoms with Crippen molar-refractivity contribution >= 4 is 11.6 Å². The molecule has 216 valence electrons. The van der Waals surface area contributed by atoms with E-state index in [1.54, 1.807) is 0 Å². The van der Waals surface area contributed by atoms with Crippen LogP contribution in [0.15, 0.2) is 0 Å². The SMILES string of the molecule is COC1CCC(OC2CCC(C(=O)C3CCC(C4CCC(C(=O)C5CCC(C)CC5)CC4)CC3)CC2)CC1. The summed E-state index contributed by atoms with van der Waals surface area (Å²) >= 11 is 0. The Balaban J connectivity index is 0.978. The van der Waals surface area contributed by atoms with Gasteiger partial charge < -0.3 is 9.47 Å². The molecule has 0 amide bonds. The molecule has 4 heteroatoms. The predicted octanol–water partition coefficient (Wildman–Crippen LogP) is 8.10. The van der Waals surface area contributed by atoms with Crippen LogP contribution in [0.25, 0.3) is 0 Å². The Morgan fingerprint density at radius 3 is 1.16 bits per heavy atom. The van der Waals surface area contributed by atoms with Crippen molar-refractivity contribution in [1.82, 2.24) is 0 Å². The third kappa shape index (κ3) is 7.31. The van der Waals surface area contributed by atoms with Gasteiger partial charge >= 0.3 is 0 Å². The van der Waals surface area contributed by atoms with Gasteiger partial charge in [0.2, 0.25) is 0 Å². The molecule has 0 spiro atoms. The van der Waals surface area contributed by atoms with Crippen LogP contribution in [0, 0.1) is 41.4 Å². The minimum Gasteiger partial charge on any atom is -0.381 e. The van der Waals surface area contributed by atoms with Gasteiger partial charge in [0.05, 0.1) is 18.3 Å². The molecule has 0 saturated heterocycles. The van der Waals surface area contributed by atoms with Crippen molar-refractivity contribution in [3.05, 3.63) is 0 Å². The molecular formula is C34H56O4. The fraction of sp³-hybridized carbons (Fsp3) is 0.941. The third-order valence-corrected chi connectivity index (χ3v) is 11.8. The van der Waals surface area contributed by atoms with E-state index in [4.69, 9.17) is 9.47 Å². The quantitative estimate of drug-likeness (QED) is 0.319. The van der Waals surface area contributed by atoms with Crippen LogP contribution in [0.1, 0.15) is 135 Å². The molecule has 0 atom stereocenters. The maximum absolute atomic E-state index is 13.4. The standard InChI is InChI=1S/C34H56O4/c1-23-3-5-26(6-4-23)33(35)27-11-7-24(8-12-27)25-9-13-28(14-10-25)34(36)29-15-17-31(18-16-29)38-32-21-19-30(37-2)20-22-32/h23-32H,3-22H2,1-2H3. The zero-order chi connectivity index (χ0) is 26.5. The van der Waals surface area contributed by atoms with E-state index in [2.05, 4.69) is 6.92 Å². The number of carbonyl (C=O) groups is 2. The molecule has 0 radical (unpaired) electrons. The molecule has 0 aromatic carbocycles. The number of ketones is 2. The predicted molar refractivity (Wildman–Crippen MR) is 152 cm³/mol. The normalized spacial score (nSPS) is 42.9. The molecule has 0 N–H and O–H groups in total. The van der Waals surface area contributed by atoms with Gasteiger partial charge in [0.25, 0.3) is 0 Å². The highest BCUT2D eigenvalue weighted by atomic mass is 16.5. The van der Waals surface area contributed by atoms with Crippen LogP contribution in [-0.4, -0.2) is 37.0 Å². The van der Waals surface area contributed by atoms with E-state index in [-0.39, 0.29) is 5.92 Å². The lowest BCUT2D eigenvalue weighted by Crippen LogP contribution is -2.36. The molecule has 4 nitrogen and oxygen atoms in total. The van der Waals surface area contributed by atoms with E-state index < -0.39 is 0 Å². The number of hydrogen-bond acceptors (Lipinski definition) is 4. The van der Waals surface area contributed by atoms with Crippen molar-refractivity contribution in [2.45, 2.75) is 154 Å².